The molecule has 1 heterocycles. The lowest BCUT2D eigenvalue weighted by Gasteiger charge is -2.09. The summed E-state index contributed by atoms with van der Waals surface area (Å²) in [6.07, 6.45) is 8.31. The predicted molar refractivity (Wildman–Crippen MR) is 122 cm³/mol. The number of rotatable bonds is 14. The van der Waals surface area contributed by atoms with Gasteiger partial charge in [-0.2, -0.15) is 0 Å². The Bertz CT molecular complexity index is 839. The zero-order chi connectivity index (χ0) is 21.9. The third-order valence-corrected chi connectivity index (χ3v) is 5.59. The molecule has 0 aliphatic heterocycles. The van der Waals surface area contributed by atoms with E-state index in [1.54, 1.807) is 0 Å². The number of hydrogen-bond donors (Lipinski definition) is 2. The van der Waals surface area contributed by atoms with E-state index in [0.29, 0.717) is 18.4 Å². The summed E-state index contributed by atoms with van der Waals surface area (Å²) in [5.41, 5.74) is 4.40. The van der Waals surface area contributed by atoms with Crippen LogP contribution in [0.4, 0.5) is 5.69 Å². The number of carbonyl (C=O) groups excluding carboxylic acids is 1. The molecule has 0 saturated carbocycles. The van der Waals surface area contributed by atoms with E-state index >= 15 is 0 Å². The van der Waals surface area contributed by atoms with E-state index in [1.165, 1.54) is 25.7 Å². The van der Waals surface area contributed by atoms with E-state index < -0.39 is 5.97 Å². The van der Waals surface area contributed by atoms with Gasteiger partial charge in [0.05, 0.1) is 0 Å². The molecule has 2 N–H and O–H groups in total. The highest BCUT2D eigenvalue weighted by molar-refractivity contribution is 6.10. The highest BCUT2D eigenvalue weighted by Crippen LogP contribution is 2.22. The molecule has 1 aromatic carbocycles. The summed E-state index contributed by atoms with van der Waals surface area (Å²) in [6, 6.07) is 9.67. The molecule has 0 unspecified atom stereocenters. The number of nitrogens with one attached hydrogen (secondary N) is 1. The molecule has 30 heavy (non-hydrogen) atoms. The Morgan fingerprint density at radius 3 is 2.50 bits per heavy atom. The topological polar surface area (TPSA) is 71.3 Å². The largest absolute Gasteiger partial charge is 0.481 e. The van der Waals surface area contributed by atoms with Crippen molar-refractivity contribution < 1.29 is 14.7 Å². The van der Waals surface area contributed by atoms with Crippen LogP contribution in [-0.4, -0.2) is 28.0 Å². The normalized spacial score (nSPS) is 10.9. The maximum atomic E-state index is 13.2. The summed E-state index contributed by atoms with van der Waals surface area (Å²) < 4.78 is 2.05. The smallest absolute Gasteiger partial charge is 0.303 e. The maximum Gasteiger partial charge on any atom is 0.303 e. The summed E-state index contributed by atoms with van der Waals surface area (Å²) >= 11 is 0. The Labute approximate surface area is 180 Å². The van der Waals surface area contributed by atoms with Crippen LogP contribution in [0.1, 0.15) is 86.1 Å². The van der Waals surface area contributed by atoms with Crippen LogP contribution in [0.15, 0.2) is 30.3 Å². The van der Waals surface area contributed by atoms with Gasteiger partial charge in [-0.05, 0) is 43.9 Å². The lowest BCUT2D eigenvalue weighted by Crippen LogP contribution is -2.07. The van der Waals surface area contributed by atoms with Gasteiger partial charge in [-0.15, -0.1) is 0 Å². The summed E-state index contributed by atoms with van der Waals surface area (Å²) in [5, 5.41) is 12.3. The number of benzene rings is 1. The van der Waals surface area contributed by atoms with Gasteiger partial charge in [0.1, 0.15) is 0 Å². The van der Waals surface area contributed by atoms with E-state index in [4.69, 9.17) is 5.11 Å². The van der Waals surface area contributed by atoms with Crippen molar-refractivity contribution in [3.63, 3.8) is 0 Å². The van der Waals surface area contributed by atoms with Crippen LogP contribution in [0, 0.1) is 0 Å². The third kappa shape index (κ3) is 6.75. The standard InChI is InChI=1S/C25H36N2O3/c1-4-6-7-8-9-16-26-20-13-10-12-19(17-20)25(30)22-18-21(14-11-15-24(28)29)27(3)23(22)5-2/h10,12-13,17-18,26H,4-9,11,14-16H2,1-3H3,(H,28,29). The van der Waals surface area contributed by atoms with E-state index in [2.05, 4.69) is 12.2 Å². The molecule has 0 saturated heterocycles. The maximum absolute atomic E-state index is 13.2. The van der Waals surface area contributed by atoms with E-state index in [1.807, 2.05) is 48.9 Å². The van der Waals surface area contributed by atoms with Gasteiger partial charge in [0, 0.05) is 48.2 Å². The lowest BCUT2D eigenvalue weighted by molar-refractivity contribution is -0.137. The molecule has 164 valence electrons. The van der Waals surface area contributed by atoms with Crippen molar-refractivity contribution in [1.29, 1.82) is 0 Å². The Morgan fingerprint density at radius 2 is 1.80 bits per heavy atom. The van der Waals surface area contributed by atoms with Crippen LogP contribution in [0.5, 0.6) is 0 Å². The molecule has 1 aromatic heterocycles. The van der Waals surface area contributed by atoms with E-state index in [9.17, 15) is 9.59 Å². The Hall–Kier alpha value is -2.56. The molecule has 0 aliphatic carbocycles. The molecule has 0 aliphatic rings. The Balaban J connectivity index is 2.07. The minimum Gasteiger partial charge on any atom is -0.481 e. The molecule has 0 atom stereocenters. The number of anilines is 1. The molecular weight excluding hydrogens is 376 g/mol. The second-order valence-corrected chi connectivity index (χ2v) is 7.91. The molecular formula is C25H36N2O3. The zero-order valence-corrected chi connectivity index (χ0v) is 18.7. The number of carbonyl (C=O) groups is 2. The number of ketones is 1. The van der Waals surface area contributed by atoms with Gasteiger partial charge in [-0.3, -0.25) is 9.59 Å². The minimum absolute atomic E-state index is 0.0264. The first-order valence-corrected chi connectivity index (χ1v) is 11.3. The van der Waals surface area contributed by atoms with Crippen molar-refractivity contribution >= 4 is 17.4 Å². The van der Waals surface area contributed by atoms with Gasteiger partial charge in [0.15, 0.2) is 5.78 Å². The van der Waals surface area contributed by atoms with Crippen LogP contribution in [0.25, 0.3) is 0 Å². The van der Waals surface area contributed by atoms with E-state index in [0.717, 1.165) is 42.0 Å². The van der Waals surface area contributed by atoms with Crippen LogP contribution < -0.4 is 5.32 Å². The fraction of sp³-hybridized carbons (Fsp3) is 0.520. The van der Waals surface area contributed by atoms with Crippen molar-refractivity contribution in [1.82, 2.24) is 4.57 Å². The number of unbranched alkanes of at least 4 members (excludes halogenated alkanes) is 4. The van der Waals surface area contributed by atoms with Crippen LogP contribution in [0.2, 0.25) is 0 Å². The van der Waals surface area contributed by atoms with Crippen molar-refractivity contribution in [2.45, 2.75) is 71.6 Å². The van der Waals surface area contributed by atoms with E-state index in [-0.39, 0.29) is 12.2 Å². The van der Waals surface area contributed by atoms with Gasteiger partial charge in [-0.25, -0.2) is 0 Å². The van der Waals surface area contributed by atoms with Gasteiger partial charge in [-0.1, -0.05) is 51.7 Å². The van der Waals surface area contributed by atoms with Crippen LogP contribution >= 0.6 is 0 Å². The highest BCUT2D eigenvalue weighted by Gasteiger charge is 2.19. The van der Waals surface area contributed by atoms with Crippen LogP contribution in [-0.2, 0) is 24.7 Å². The number of nitrogens with zero attached hydrogens (tertiary/aromatic N) is 1. The van der Waals surface area contributed by atoms with Gasteiger partial charge < -0.3 is 15.0 Å². The number of carboxylic acid groups (broad SMARTS) is 1. The average Bonchev–Trinajstić information content (AvgIpc) is 3.05. The molecule has 5 heteroatoms. The Morgan fingerprint density at radius 1 is 1.03 bits per heavy atom. The number of hydrogen-bond acceptors (Lipinski definition) is 3. The van der Waals surface area contributed by atoms with Gasteiger partial charge in [0.2, 0.25) is 0 Å². The van der Waals surface area contributed by atoms with Crippen molar-refractivity contribution in [3.05, 3.63) is 52.8 Å². The molecule has 0 amide bonds. The first-order valence-electron chi connectivity index (χ1n) is 11.3. The summed E-state index contributed by atoms with van der Waals surface area (Å²) in [6.45, 7) is 5.18. The monoisotopic (exact) mass is 412 g/mol. The molecule has 0 spiro atoms. The van der Waals surface area contributed by atoms with Crippen LogP contribution in [0.3, 0.4) is 0 Å². The molecule has 2 rings (SSSR count). The quantitative estimate of drug-likeness (QED) is 0.313. The minimum atomic E-state index is -0.786. The predicted octanol–water partition coefficient (Wildman–Crippen LogP) is 5.61. The molecule has 0 fully saturated rings. The first-order chi connectivity index (χ1) is 14.5. The summed E-state index contributed by atoms with van der Waals surface area (Å²) in [7, 11) is 1.96. The summed E-state index contributed by atoms with van der Waals surface area (Å²) in [5.74, 6) is -0.760. The fourth-order valence-electron chi connectivity index (χ4n) is 3.87. The second kappa shape index (κ2) is 12.2. The highest BCUT2D eigenvalue weighted by atomic mass is 16.4. The average molecular weight is 413 g/mol. The number of aryl methyl sites for hydroxylation is 1. The molecule has 5 nitrogen and oxygen atoms in total. The molecule has 0 bridgehead atoms. The number of aliphatic carboxylic acids is 1. The third-order valence-electron chi connectivity index (χ3n) is 5.59. The fourth-order valence-corrected chi connectivity index (χ4v) is 3.87. The zero-order valence-electron chi connectivity index (χ0n) is 18.7. The summed E-state index contributed by atoms with van der Waals surface area (Å²) in [4.78, 5) is 24.0. The van der Waals surface area contributed by atoms with Gasteiger partial charge in [0.25, 0.3) is 0 Å². The first kappa shape index (κ1) is 23.7. The lowest BCUT2D eigenvalue weighted by atomic mass is 10.0. The SMILES string of the molecule is CCCCCCCNc1cccc(C(=O)c2cc(CCCC(=O)O)n(C)c2CC)c1. The van der Waals surface area contributed by atoms with Crippen molar-refractivity contribution in [2.24, 2.45) is 7.05 Å². The molecule has 2 aromatic rings. The number of carboxylic acids is 1. The number of aromatic nitrogens is 1. The Kier molecular flexibility index (Phi) is 9.65. The second-order valence-electron chi connectivity index (χ2n) is 7.91. The van der Waals surface area contributed by atoms with Crippen molar-refractivity contribution in [3.8, 4) is 0 Å². The van der Waals surface area contributed by atoms with Crippen molar-refractivity contribution in [2.75, 3.05) is 11.9 Å². The van der Waals surface area contributed by atoms with Gasteiger partial charge >= 0.3 is 5.97 Å². The molecule has 0 radical (unpaired) electrons.